The summed E-state index contributed by atoms with van der Waals surface area (Å²) in [6.07, 6.45) is 0. The highest BCUT2D eigenvalue weighted by Gasteiger charge is 2.07. The maximum Gasteiger partial charge on any atom is 0.154 e. The van der Waals surface area contributed by atoms with E-state index in [2.05, 4.69) is 15.3 Å². The van der Waals surface area contributed by atoms with Crippen LogP contribution in [0.25, 0.3) is 0 Å². The second kappa shape index (κ2) is 7.32. The van der Waals surface area contributed by atoms with Gasteiger partial charge in [-0.05, 0) is 13.8 Å². The van der Waals surface area contributed by atoms with Gasteiger partial charge in [-0.15, -0.1) is 0 Å². The second-order valence-electron chi connectivity index (χ2n) is 3.89. The first-order valence-corrected chi connectivity index (χ1v) is 5.70. The van der Waals surface area contributed by atoms with Gasteiger partial charge < -0.3 is 14.8 Å². The molecule has 0 unspecified atom stereocenters. The van der Waals surface area contributed by atoms with Crippen molar-refractivity contribution in [1.29, 1.82) is 0 Å². The molecule has 0 saturated heterocycles. The zero-order chi connectivity index (χ0) is 12.7. The van der Waals surface area contributed by atoms with Crippen molar-refractivity contribution >= 4 is 0 Å². The first-order chi connectivity index (χ1) is 8.19. The standard InChI is InChI=1S/C12H21N3O2/c1-9-11(7-13-5-6-16-3)10(2)15-12(14-9)8-17-4/h13H,5-8H2,1-4H3. The van der Waals surface area contributed by atoms with Crippen molar-refractivity contribution in [2.45, 2.75) is 27.0 Å². The molecule has 0 saturated carbocycles. The lowest BCUT2D eigenvalue weighted by Gasteiger charge is -2.11. The summed E-state index contributed by atoms with van der Waals surface area (Å²) < 4.78 is 10.0. The summed E-state index contributed by atoms with van der Waals surface area (Å²) in [6.45, 7) is 6.77. The Kier molecular flexibility index (Phi) is 6.04. The van der Waals surface area contributed by atoms with E-state index in [9.17, 15) is 0 Å². The highest BCUT2D eigenvalue weighted by atomic mass is 16.5. The Bertz CT molecular complexity index is 333. The summed E-state index contributed by atoms with van der Waals surface area (Å²) in [6, 6.07) is 0. The van der Waals surface area contributed by atoms with E-state index in [4.69, 9.17) is 9.47 Å². The molecule has 0 spiro atoms. The zero-order valence-electron chi connectivity index (χ0n) is 11.0. The third-order valence-electron chi connectivity index (χ3n) is 2.53. The van der Waals surface area contributed by atoms with E-state index in [-0.39, 0.29) is 0 Å². The Morgan fingerprint density at radius 2 is 1.71 bits per heavy atom. The van der Waals surface area contributed by atoms with Gasteiger partial charge >= 0.3 is 0 Å². The summed E-state index contributed by atoms with van der Waals surface area (Å²) in [4.78, 5) is 8.83. The van der Waals surface area contributed by atoms with Crippen LogP contribution in [0.1, 0.15) is 22.8 Å². The average Bonchev–Trinajstić information content (AvgIpc) is 2.27. The molecule has 0 aromatic carbocycles. The van der Waals surface area contributed by atoms with E-state index in [0.29, 0.717) is 13.2 Å². The van der Waals surface area contributed by atoms with E-state index >= 15 is 0 Å². The molecule has 1 heterocycles. The van der Waals surface area contributed by atoms with E-state index in [0.717, 1.165) is 35.9 Å². The molecule has 96 valence electrons. The number of hydrogen-bond acceptors (Lipinski definition) is 5. The van der Waals surface area contributed by atoms with Gasteiger partial charge in [0.25, 0.3) is 0 Å². The van der Waals surface area contributed by atoms with E-state index in [1.807, 2.05) is 13.8 Å². The number of ether oxygens (including phenoxy) is 2. The molecular formula is C12H21N3O2. The normalized spacial score (nSPS) is 10.8. The van der Waals surface area contributed by atoms with Gasteiger partial charge in [0.1, 0.15) is 6.61 Å². The van der Waals surface area contributed by atoms with E-state index in [1.54, 1.807) is 14.2 Å². The first-order valence-electron chi connectivity index (χ1n) is 5.70. The molecule has 17 heavy (non-hydrogen) atoms. The van der Waals surface area contributed by atoms with Crippen LogP contribution < -0.4 is 5.32 Å². The molecule has 0 amide bonds. The first kappa shape index (κ1) is 14.0. The SMILES string of the molecule is COCCNCc1c(C)nc(COC)nc1C. The van der Waals surface area contributed by atoms with Crippen LogP contribution in [0, 0.1) is 13.8 Å². The van der Waals surface area contributed by atoms with E-state index in [1.165, 1.54) is 0 Å². The number of nitrogens with one attached hydrogen (secondary N) is 1. The molecule has 1 aromatic heterocycles. The quantitative estimate of drug-likeness (QED) is 0.719. The fraction of sp³-hybridized carbons (Fsp3) is 0.667. The van der Waals surface area contributed by atoms with Crippen molar-refractivity contribution < 1.29 is 9.47 Å². The summed E-state index contributed by atoms with van der Waals surface area (Å²) in [7, 11) is 3.34. The zero-order valence-corrected chi connectivity index (χ0v) is 11.0. The van der Waals surface area contributed by atoms with Crippen LogP contribution in [0.4, 0.5) is 0 Å². The Labute approximate surface area is 103 Å². The predicted molar refractivity (Wildman–Crippen MR) is 65.8 cm³/mol. The topological polar surface area (TPSA) is 56.3 Å². The van der Waals surface area contributed by atoms with Gasteiger partial charge in [0.05, 0.1) is 6.61 Å². The van der Waals surface area contributed by atoms with Gasteiger partial charge in [-0.3, -0.25) is 0 Å². The Morgan fingerprint density at radius 1 is 1.06 bits per heavy atom. The number of hydrogen-bond donors (Lipinski definition) is 1. The predicted octanol–water partition coefficient (Wildman–Crippen LogP) is 0.976. The van der Waals surface area contributed by atoms with Gasteiger partial charge in [-0.1, -0.05) is 0 Å². The van der Waals surface area contributed by atoms with Crippen LogP contribution in [-0.2, 0) is 22.6 Å². The molecule has 0 aliphatic rings. The van der Waals surface area contributed by atoms with Gasteiger partial charge in [-0.2, -0.15) is 0 Å². The van der Waals surface area contributed by atoms with Crippen LogP contribution in [0.2, 0.25) is 0 Å². The monoisotopic (exact) mass is 239 g/mol. The minimum absolute atomic E-state index is 0.457. The molecule has 1 rings (SSSR count). The molecule has 5 heteroatoms. The highest BCUT2D eigenvalue weighted by Crippen LogP contribution is 2.10. The van der Waals surface area contributed by atoms with Gasteiger partial charge in [0.2, 0.25) is 0 Å². The third-order valence-corrected chi connectivity index (χ3v) is 2.53. The van der Waals surface area contributed by atoms with Crippen LogP contribution in [0.3, 0.4) is 0 Å². The van der Waals surface area contributed by atoms with Crippen LogP contribution in [0.5, 0.6) is 0 Å². The molecule has 5 nitrogen and oxygen atoms in total. The van der Waals surface area contributed by atoms with Gasteiger partial charge in [0.15, 0.2) is 5.82 Å². The molecule has 0 aliphatic carbocycles. The molecular weight excluding hydrogens is 218 g/mol. The average molecular weight is 239 g/mol. The molecule has 0 radical (unpaired) electrons. The maximum atomic E-state index is 5.03. The van der Waals surface area contributed by atoms with Gasteiger partial charge in [-0.25, -0.2) is 9.97 Å². The Balaban J connectivity index is 2.65. The summed E-state index contributed by atoms with van der Waals surface area (Å²) in [5, 5.41) is 3.30. The summed E-state index contributed by atoms with van der Waals surface area (Å²) in [5.74, 6) is 0.739. The molecule has 0 aliphatic heterocycles. The smallest absolute Gasteiger partial charge is 0.154 e. The lowest BCUT2D eigenvalue weighted by Crippen LogP contribution is -2.20. The maximum absolute atomic E-state index is 5.03. The molecule has 0 fully saturated rings. The number of aromatic nitrogens is 2. The Hall–Kier alpha value is -1.04. The van der Waals surface area contributed by atoms with Crippen molar-refractivity contribution in [3.05, 3.63) is 22.8 Å². The van der Waals surface area contributed by atoms with Crippen LogP contribution in [0.15, 0.2) is 0 Å². The number of nitrogens with zero attached hydrogens (tertiary/aromatic N) is 2. The lowest BCUT2D eigenvalue weighted by molar-refractivity contribution is 0.177. The number of rotatable bonds is 7. The fourth-order valence-electron chi connectivity index (χ4n) is 1.65. The van der Waals surface area contributed by atoms with Crippen molar-refractivity contribution in [2.24, 2.45) is 0 Å². The molecule has 0 atom stereocenters. The largest absolute Gasteiger partial charge is 0.383 e. The second-order valence-corrected chi connectivity index (χ2v) is 3.89. The lowest BCUT2D eigenvalue weighted by atomic mass is 10.1. The summed E-state index contributed by atoms with van der Waals surface area (Å²) >= 11 is 0. The van der Waals surface area contributed by atoms with Crippen molar-refractivity contribution in [3.63, 3.8) is 0 Å². The summed E-state index contributed by atoms with van der Waals surface area (Å²) in [5.41, 5.74) is 3.17. The molecule has 1 aromatic rings. The van der Waals surface area contributed by atoms with Crippen molar-refractivity contribution in [3.8, 4) is 0 Å². The van der Waals surface area contributed by atoms with Crippen molar-refractivity contribution in [2.75, 3.05) is 27.4 Å². The minimum atomic E-state index is 0.457. The Morgan fingerprint density at radius 3 is 2.24 bits per heavy atom. The van der Waals surface area contributed by atoms with Gasteiger partial charge in [0, 0.05) is 44.3 Å². The van der Waals surface area contributed by atoms with Crippen LogP contribution >= 0.6 is 0 Å². The third kappa shape index (κ3) is 4.38. The van der Waals surface area contributed by atoms with Crippen molar-refractivity contribution in [1.82, 2.24) is 15.3 Å². The highest BCUT2D eigenvalue weighted by molar-refractivity contribution is 5.24. The van der Waals surface area contributed by atoms with E-state index < -0.39 is 0 Å². The fourth-order valence-corrected chi connectivity index (χ4v) is 1.65. The minimum Gasteiger partial charge on any atom is -0.383 e. The molecule has 0 bridgehead atoms. The number of methoxy groups -OCH3 is 2. The molecule has 1 N–H and O–H groups in total. The van der Waals surface area contributed by atoms with Crippen LogP contribution in [-0.4, -0.2) is 37.3 Å². The number of aryl methyl sites for hydroxylation is 2.